The Morgan fingerprint density at radius 1 is 0.925 bits per heavy atom. The standard InChI is InChI=1S/C30H36N4O5S/c1-22-4-6-24(7-5-22)8-13-28-29(23(2)31-39-28)40(36,37)34-16-14-25(15-17-34)30(35)33-20-18-32(19-21-33)26-9-11-27(38-3)12-10-26/h4-13,25H,14-21H2,1-3H3/b13-8+. The predicted molar refractivity (Wildman–Crippen MR) is 155 cm³/mol. The van der Waals surface area contributed by atoms with Crippen molar-refractivity contribution in [3.05, 3.63) is 71.1 Å². The predicted octanol–water partition coefficient (Wildman–Crippen LogP) is 4.22. The van der Waals surface area contributed by atoms with Gasteiger partial charge in [-0.3, -0.25) is 4.79 Å². The number of nitrogens with zero attached hydrogens (tertiary/aromatic N) is 4. The van der Waals surface area contributed by atoms with E-state index in [1.54, 1.807) is 20.1 Å². The summed E-state index contributed by atoms with van der Waals surface area (Å²) < 4.78 is 39.3. The van der Waals surface area contributed by atoms with Crippen LogP contribution in [0.2, 0.25) is 0 Å². The van der Waals surface area contributed by atoms with Crippen LogP contribution in [0.1, 0.15) is 35.4 Å². The van der Waals surface area contributed by atoms with E-state index in [1.165, 1.54) is 4.31 Å². The van der Waals surface area contributed by atoms with Crippen molar-refractivity contribution in [2.24, 2.45) is 5.92 Å². The fraction of sp³-hybridized carbons (Fsp3) is 0.400. The third-order valence-corrected chi connectivity index (χ3v) is 9.83. The lowest BCUT2D eigenvalue weighted by atomic mass is 9.96. The van der Waals surface area contributed by atoms with E-state index in [0.717, 1.165) is 35.7 Å². The first kappa shape index (κ1) is 27.9. The van der Waals surface area contributed by atoms with E-state index in [4.69, 9.17) is 9.26 Å². The number of carbonyl (C=O) groups is 1. The lowest BCUT2D eigenvalue weighted by Gasteiger charge is -2.39. The van der Waals surface area contributed by atoms with Crippen molar-refractivity contribution in [2.45, 2.75) is 31.6 Å². The molecule has 0 bridgehead atoms. The molecule has 0 spiro atoms. The number of piperazine rings is 1. The minimum atomic E-state index is -3.82. The highest BCUT2D eigenvalue weighted by Gasteiger charge is 2.37. The Balaban J connectivity index is 1.18. The molecule has 0 unspecified atom stereocenters. The second-order valence-electron chi connectivity index (χ2n) is 10.4. The first-order valence-corrected chi connectivity index (χ1v) is 15.1. The summed E-state index contributed by atoms with van der Waals surface area (Å²) in [5.41, 5.74) is 3.53. The van der Waals surface area contributed by atoms with Crippen molar-refractivity contribution in [1.82, 2.24) is 14.4 Å². The Morgan fingerprint density at radius 2 is 1.57 bits per heavy atom. The zero-order valence-corrected chi connectivity index (χ0v) is 24.1. The van der Waals surface area contributed by atoms with E-state index in [0.29, 0.717) is 31.6 Å². The number of hydrogen-bond acceptors (Lipinski definition) is 7. The summed E-state index contributed by atoms with van der Waals surface area (Å²) >= 11 is 0. The maximum atomic E-state index is 13.6. The topological polar surface area (TPSA) is 96.2 Å². The number of hydrogen-bond donors (Lipinski definition) is 0. The van der Waals surface area contributed by atoms with Crippen molar-refractivity contribution >= 4 is 33.8 Å². The molecule has 2 aliphatic rings. The maximum Gasteiger partial charge on any atom is 0.248 e. The lowest BCUT2D eigenvalue weighted by molar-refractivity contribution is -0.137. The van der Waals surface area contributed by atoms with Gasteiger partial charge in [-0.15, -0.1) is 0 Å². The van der Waals surface area contributed by atoms with Crippen LogP contribution < -0.4 is 9.64 Å². The van der Waals surface area contributed by atoms with Gasteiger partial charge in [0.1, 0.15) is 11.4 Å². The van der Waals surface area contributed by atoms with E-state index in [9.17, 15) is 13.2 Å². The largest absolute Gasteiger partial charge is 0.497 e. The van der Waals surface area contributed by atoms with Gasteiger partial charge in [-0.2, -0.15) is 4.31 Å². The second-order valence-corrected chi connectivity index (χ2v) is 12.3. The van der Waals surface area contributed by atoms with Crippen molar-refractivity contribution in [3.8, 4) is 5.75 Å². The average Bonchev–Trinajstić information content (AvgIpc) is 3.37. The molecule has 5 rings (SSSR count). The highest BCUT2D eigenvalue weighted by Crippen LogP contribution is 2.30. The quantitative estimate of drug-likeness (QED) is 0.424. The average molecular weight is 565 g/mol. The second kappa shape index (κ2) is 11.9. The van der Waals surface area contributed by atoms with E-state index in [-0.39, 0.29) is 35.6 Å². The molecule has 40 heavy (non-hydrogen) atoms. The van der Waals surface area contributed by atoms with Crippen molar-refractivity contribution < 1.29 is 22.5 Å². The molecule has 0 atom stereocenters. The SMILES string of the molecule is COc1ccc(N2CCN(C(=O)C3CCN(S(=O)(=O)c4c(C)noc4/C=C/c4ccc(C)cc4)CC3)CC2)cc1. The Hall–Kier alpha value is -3.63. The van der Waals surface area contributed by atoms with Gasteiger partial charge in [0.05, 0.1) is 7.11 Å². The lowest BCUT2D eigenvalue weighted by Crippen LogP contribution is -2.52. The number of ether oxygens (including phenoxy) is 1. The van der Waals surface area contributed by atoms with Gasteiger partial charge in [-0.1, -0.05) is 41.1 Å². The molecule has 0 N–H and O–H groups in total. The van der Waals surface area contributed by atoms with E-state index in [2.05, 4.69) is 10.1 Å². The van der Waals surface area contributed by atoms with Gasteiger partial charge in [0, 0.05) is 50.9 Å². The van der Waals surface area contributed by atoms with Crippen molar-refractivity contribution in [3.63, 3.8) is 0 Å². The van der Waals surface area contributed by atoms with Gasteiger partial charge in [0.2, 0.25) is 15.9 Å². The minimum Gasteiger partial charge on any atom is -0.497 e. The summed E-state index contributed by atoms with van der Waals surface area (Å²) in [6, 6.07) is 15.9. The summed E-state index contributed by atoms with van der Waals surface area (Å²) in [6.45, 7) is 7.06. The summed E-state index contributed by atoms with van der Waals surface area (Å²) in [6.07, 6.45) is 4.46. The number of methoxy groups -OCH3 is 1. The van der Waals surface area contributed by atoms with E-state index in [1.807, 2.05) is 66.4 Å². The van der Waals surface area contributed by atoms with Crippen LogP contribution in [0.15, 0.2) is 57.9 Å². The number of piperidine rings is 1. The molecule has 1 aromatic heterocycles. The molecule has 2 fully saturated rings. The van der Waals surface area contributed by atoms with Gasteiger partial charge >= 0.3 is 0 Å². The molecule has 3 heterocycles. The number of carbonyl (C=O) groups excluding carboxylic acids is 1. The number of aryl methyl sites for hydroxylation is 2. The Labute approximate surface area is 236 Å². The molecule has 2 saturated heterocycles. The maximum absolute atomic E-state index is 13.6. The number of aromatic nitrogens is 1. The first-order chi connectivity index (χ1) is 19.3. The van der Waals surface area contributed by atoms with Gasteiger partial charge in [-0.05, 0) is 62.6 Å². The number of anilines is 1. The molecule has 0 aliphatic carbocycles. The molecular formula is C30H36N4O5S. The zero-order chi connectivity index (χ0) is 28.3. The molecular weight excluding hydrogens is 528 g/mol. The summed E-state index contributed by atoms with van der Waals surface area (Å²) in [7, 11) is -2.17. The molecule has 212 valence electrons. The van der Waals surface area contributed by atoms with Crippen LogP contribution in [-0.2, 0) is 14.8 Å². The highest BCUT2D eigenvalue weighted by atomic mass is 32.2. The monoisotopic (exact) mass is 564 g/mol. The highest BCUT2D eigenvalue weighted by molar-refractivity contribution is 7.89. The number of amides is 1. The third-order valence-electron chi connectivity index (χ3n) is 7.77. The van der Waals surface area contributed by atoms with Crippen LogP contribution in [0, 0.1) is 19.8 Å². The normalized spacial score (nSPS) is 17.5. The van der Waals surface area contributed by atoms with E-state index < -0.39 is 10.0 Å². The number of rotatable bonds is 7. The third kappa shape index (κ3) is 5.93. The summed E-state index contributed by atoms with van der Waals surface area (Å²) in [4.78, 5) is 17.6. The molecule has 10 heteroatoms. The molecule has 1 amide bonds. The van der Waals surface area contributed by atoms with Gasteiger partial charge in [0.15, 0.2) is 10.7 Å². The van der Waals surface area contributed by atoms with Crippen LogP contribution in [-0.4, -0.2) is 75.1 Å². The molecule has 0 saturated carbocycles. The van der Waals surface area contributed by atoms with E-state index >= 15 is 0 Å². The molecule has 3 aromatic rings. The molecule has 0 radical (unpaired) electrons. The van der Waals surface area contributed by atoms with Crippen LogP contribution in [0.3, 0.4) is 0 Å². The first-order valence-electron chi connectivity index (χ1n) is 13.7. The number of benzene rings is 2. The Morgan fingerprint density at radius 3 is 2.20 bits per heavy atom. The molecule has 2 aromatic carbocycles. The van der Waals surface area contributed by atoms with Crippen LogP contribution in [0.4, 0.5) is 5.69 Å². The summed E-state index contributed by atoms with van der Waals surface area (Å²) in [5.74, 6) is 0.976. The van der Waals surface area contributed by atoms with Gasteiger partial charge < -0.3 is 19.1 Å². The number of sulfonamides is 1. The van der Waals surface area contributed by atoms with Crippen molar-refractivity contribution in [1.29, 1.82) is 0 Å². The fourth-order valence-corrected chi connectivity index (χ4v) is 7.08. The molecule has 9 nitrogen and oxygen atoms in total. The van der Waals surface area contributed by atoms with Crippen LogP contribution >= 0.6 is 0 Å². The Bertz CT molecular complexity index is 1450. The smallest absolute Gasteiger partial charge is 0.248 e. The van der Waals surface area contributed by atoms with Gasteiger partial charge in [0.25, 0.3) is 0 Å². The van der Waals surface area contributed by atoms with Crippen LogP contribution in [0.25, 0.3) is 12.2 Å². The minimum absolute atomic E-state index is 0.0929. The fourth-order valence-electron chi connectivity index (χ4n) is 5.36. The van der Waals surface area contributed by atoms with Gasteiger partial charge in [-0.25, -0.2) is 8.42 Å². The van der Waals surface area contributed by atoms with Crippen molar-refractivity contribution in [2.75, 3.05) is 51.3 Å². The summed E-state index contributed by atoms with van der Waals surface area (Å²) in [5, 5.41) is 3.94. The zero-order valence-electron chi connectivity index (χ0n) is 23.2. The Kier molecular flexibility index (Phi) is 8.27. The molecule has 2 aliphatic heterocycles. The van der Waals surface area contributed by atoms with Crippen LogP contribution in [0.5, 0.6) is 5.75 Å².